The van der Waals surface area contributed by atoms with Crippen LogP contribution in [0.25, 0.3) is 10.8 Å². The standard InChI is InChI=1S/C20H25N3O2/c21-19(24)13-16-4-3-11-23(14-16)20(25)22-10-9-15-7-8-17-5-1-2-6-18(17)12-15/h1-2,5-8,12,16H,3-4,9-11,13-14H2,(H2,21,24)(H,22,25). The highest BCUT2D eigenvalue weighted by molar-refractivity contribution is 5.83. The zero-order valence-electron chi connectivity index (χ0n) is 14.4. The molecule has 3 amide bonds. The van der Waals surface area contributed by atoms with E-state index in [0.717, 1.165) is 25.8 Å². The molecule has 2 aromatic rings. The van der Waals surface area contributed by atoms with Crippen molar-refractivity contribution in [1.29, 1.82) is 0 Å². The summed E-state index contributed by atoms with van der Waals surface area (Å²) in [5.41, 5.74) is 6.48. The van der Waals surface area contributed by atoms with Gasteiger partial charge in [-0.25, -0.2) is 4.79 Å². The van der Waals surface area contributed by atoms with Crippen LogP contribution in [0.2, 0.25) is 0 Å². The van der Waals surface area contributed by atoms with Crippen LogP contribution in [0.3, 0.4) is 0 Å². The first-order valence-corrected chi connectivity index (χ1v) is 8.90. The molecule has 0 spiro atoms. The number of hydrogen-bond acceptors (Lipinski definition) is 2. The van der Waals surface area contributed by atoms with Crippen molar-refractivity contribution in [3.63, 3.8) is 0 Å². The molecule has 1 saturated heterocycles. The van der Waals surface area contributed by atoms with Crippen LogP contribution in [-0.4, -0.2) is 36.5 Å². The molecule has 132 valence electrons. The van der Waals surface area contributed by atoms with Crippen molar-refractivity contribution in [2.45, 2.75) is 25.7 Å². The maximum absolute atomic E-state index is 12.3. The van der Waals surface area contributed by atoms with Crippen molar-refractivity contribution in [1.82, 2.24) is 10.2 Å². The number of urea groups is 1. The Morgan fingerprint density at radius 2 is 1.96 bits per heavy atom. The zero-order chi connectivity index (χ0) is 17.6. The third-order valence-corrected chi connectivity index (χ3v) is 4.80. The van der Waals surface area contributed by atoms with E-state index in [1.54, 1.807) is 4.90 Å². The van der Waals surface area contributed by atoms with Gasteiger partial charge in [-0.15, -0.1) is 0 Å². The smallest absolute Gasteiger partial charge is 0.317 e. The van der Waals surface area contributed by atoms with E-state index in [0.29, 0.717) is 19.5 Å². The number of nitrogens with one attached hydrogen (secondary N) is 1. The van der Waals surface area contributed by atoms with E-state index in [-0.39, 0.29) is 17.9 Å². The van der Waals surface area contributed by atoms with Gasteiger partial charge in [-0.2, -0.15) is 0 Å². The first-order valence-electron chi connectivity index (χ1n) is 8.90. The molecular formula is C20H25N3O2. The number of likely N-dealkylation sites (tertiary alicyclic amines) is 1. The minimum Gasteiger partial charge on any atom is -0.370 e. The summed E-state index contributed by atoms with van der Waals surface area (Å²) in [4.78, 5) is 25.2. The van der Waals surface area contributed by atoms with Gasteiger partial charge in [0.15, 0.2) is 0 Å². The van der Waals surface area contributed by atoms with E-state index >= 15 is 0 Å². The lowest BCUT2D eigenvalue weighted by Gasteiger charge is -2.32. The number of fused-ring (bicyclic) bond motifs is 1. The molecule has 1 unspecified atom stereocenters. The first-order chi connectivity index (χ1) is 12.1. The molecule has 3 N–H and O–H groups in total. The largest absolute Gasteiger partial charge is 0.370 e. The fourth-order valence-corrected chi connectivity index (χ4v) is 3.52. The quantitative estimate of drug-likeness (QED) is 0.879. The van der Waals surface area contributed by atoms with Crippen LogP contribution in [0.1, 0.15) is 24.8 Å². The Bertz CT molecular complexity index is 759. The molecule has 1 aliphatic heterocycles. The van der Waals surface area contributed by atoms with Gasteiger partial charge in [0.25, 0.3) is 0 Å². The van der Waals surface area contributed by atoms with E-state index in [2.05, 4.69) is 35.6 Å². The minimum absolute atomic E-state index is 0.0463. The third-order valence-electron chi connectivity index (χ3n) is 4.80. The zero-order valence-corrected chi connectivity index (χ0v) is 14.4. The van der Waals surface area contributed by atoms with E-state index in [1.165, 1.54) is 16.3 Å². The van der Waals surface area contributed by atoms with Gasteiger partial charge in [-0.05, 0) is 41.5 Å². The van der Waals surface area contributed by atoms with Crippen molar-refractivity contribution < 1.29 is 9.59 Å². The molecule has 5 heteroatoms. The summed E-state index contributed by atoms with van der Waals surface area (Å²) in [7, 11) is 0. The molecule has 0 saturated carbocycles. The number of nitrogens with zero attached hydrogens (tertiary/aromatic N) is 1. The summed E-state index contributed by atoms with van der Waals surface area (Å²) in [6, 6.07) is 14.6. The average Bonchev–Trinajstić information content (AvgIpc) is 2.61. The molecule has 0 aliphatic carbocycles. The van der Waals surface area contributed by atoms with E-state index in [9.17, 15) is 9.59 Å². The molecule has 1 fully saturated rings. The number of hydrogen-bond donors (Lipinski definition) is 2. The Kier molecular flexibility index (Phi) is 5.53. The number of carbonyl (C=O) groups excluding carboxylic acids is 2. The van der Waals surface area contributed by atoms with Crippen LogP contribution in [-0.2, 0) is 11.2 Å². The summed E-state index contributed by atoms with van der Waals surface area (Å²) >= 11 is 0. The number of amides is 3. The Balaban J connectivity index is 1.49. The number of carbonyl (C=O) groups is 2. The molecule has 3 rings (SSSR count). The molecule has 25 heavy (non-hydrogen) atoms. The number of rotatable bonds is 5. The van der Waals surface area contributed by atoms with Crippen LogP contribution >= 0.6 is 0 Å². The van der Waals surface area contributed by atoms with Crippen molar-refractivity contribution in [2.75, 3.05) is 19.6 Å². The molecule has 0 radical (unpaired) electrons. The average molecular weight is 339 g/mol. The van der Waals surface area contributed by atoms with Gasteiger partial charge in [0.05, 0.1) is 0 Å². The number of primary amides is 1. The molecule has 1 atom stereocenters. The topological polar surface area (TPSA) is 75.4 Å². The SMILES string of the molecule is NC(=O)CC1CCCN(C(=O)NCCc2ccc3ccccc3c2)C1. The monoisotopic (exact) mass is 339 g/mol. The van der Waals surface area contributed by atoms with Crippen molar-refractivity contribution in [3.05, 3.63) is 48.0 Å². The molecule has 1 aliphatic rings. The first kappa shape index (κ1) is 17.3. The molecule has 0 aromatic heterocycles. The fraction of sp³-hybridized carbons (Fsp3) is 0.400. The van der Waals surface area contributed by atoms with Crippen molar-refractivity contribution in [3.8, 4) is 0 Å². The maximum atomic E-state index is 12.3. The van der Waals surface area contributed by atoms with Crippen LogP contribution in [0, 0.1) is 5.92 Å². The second-order valence-corrected chi connectivity index (χ2v) is 6.79. The van der Waals surface area contributed by atoms with Crippen LogP contribution < -0.4 is 11.1 Å². The van der Waals surface area contributed by atoms with E-state index < -0.39 is 0 Å². The predicted molar refractivity (Wildman–Crippen MR) is 99.2 cm³/mol. The van der Waals surface area contributed by atoms with Gasteiger partial charge in [-0.3, -0.25) is 4.79 Å². The highest BCUT2D eigenvalue weighted by Gasteiger charge is 2.24. The number of benzene rings is 2. The Hall–Kier alpha value is -2.56. The second-order valence-electron chi connectivity index (χ2n) is 6.79. The maximum Gasteiger partial charge on any atom is 0.317 e. The summed E-state index contributed by atoms with van der Waals surface area (Å²) < 4.78 is 0. The lowest BCUT2D eigenvalue weighted by Crippen LogP contribution is -2.46. The number of nitrogens with two attached hydrogens (primary N) is 1. The normalized spacial score (nSPS) is 17.4. The van der Waals surface area contributed by atoms with E-state index in [1.807, 2.05) is 12.1 Å². The van der Waals surface area contributed by atoms with Gasteiger partial charge in [0.2, 0.25) is 5.91 Å². The predicted octanol–water partition coefficient (Wildman–Crippen LogP) is 2.68. The third kappa shape index (κ3) is 4.72. The molecule has 0 bridgehead atoms. The van der Waals surface area contributed by atoms with Gasteiger partial charge in [0, 0.05) is 26.1 Å². The lowest BCUT2D eigenvalue weighted by molar-refractivity contribution is -0.119. The summed E-state index contributed by atoms with van der Waals surface area (Å²) in [6.45, 7) is 1.97. The Morgan fingerprint density at radius 1 is 1.16 bits per heavy atom. The van der Waals surface area contributed by atoms with Crippen LogP contribution in [0.4, 0.5) is 4.79 Å². The number of piperidine rings is 1. The van der Waals surface area contributed by atoms with Gasteiger partial charge in [-0.1, -0.05) is 42.5 Å². The highest BCUT2D eigenvalue weighted by atomic mass is 16.2. The summed E-state index contributed by atoms with van der Waals surface area (Å²) in [5, 5.41) is 5.44. The van der Waals surface area contributed by atoms with Gasteiger partial charge in [0.1, 0.15) is 0 Å². The van der Waals surface area contributed by atoms with Crippen molar-refractivity contribution in [2.24, 2.45) is 11.7 Å². The van der Waals surface area contributed by atoms with Crippen LogP contribution in [0.15, 0.2) is 42.5 Å². The Labute approximate surface area is 148 Å². The van der Waals surface area contributed by atoms with E-state index in [4.69, 9.17) is 5.73 Å². The summed E-state index contributed by atoms with van der Waals surface area (Å²) in [5.74, 6) is -0.0962. The Morgan fingerprint density at radius 3 is 2.76 bits per heavy atom. The lowest BCUT2D eigenvalue weighted by atomic mass is 9.95. The van der Waals surface area contributed by atoms with Gasteiger partial charge < -0.3 is 16.0 Å². The van der Waals surface area contributed by atoms with Gasteiger partial charge >= 0.3 is 6.03 Å². The van der Waals surface area contributed by atoms with Crippen LogP contribution in [0.5, 0.6) is 0 Å². The second kappa shape index (κ2) is 8.01. The highest BCUT2D eigenvalue weighted by Crippen LogP contribution is 2.19. The van der Waals surface area contributed by atoms with Crippen molar-refractivity contribution >= 4 is 22.7 Å². The summed E-state index contributed by atoms with van der Waals surface area (Å²) in [6.07, 6.45) is 3.05. The molecular weight excluding hydrogens is 314 g/mol. The fourth-order valence-electron chi connectivity index (χ4n) is 3.52. The molecule has 2 aromatic carbocycles. The molecule has 1 heterocycles. The minimum atomic E-state index is -0.288. The molecule has 5 nitrogen and oxygen atoms in total.